The molecule has 0 amide bonds. The normalized spacial score (nSPS) is 14.1. The first-order valence-corrected chi connectivity index (χ1v) is 5.93. The fourth-order valence-corrected chi connectivity index (χ4v) is 1.57. The van der Waals surface area contributed by atoms with Gasteiger partial charge in [0, 0.05) is 0 Å². The maximum atomic E-state index is 13.4. The van der Waals surface area contributed by atoms with Crippen molar-refractivity contribution in [3.8, 4) is 0 Å². The van der Waals surface area contributed by atoms with Gasteiger partial charge in [0.2, 0.25) is 0 Å². The molecule has 2 atom stereocenters. The fourth-order valence-electron chi connectivity index (χ4n) is 1.40. The number of benzene rings is 1. The van der Waals surface area contributed by atoms with Gasteiger partial charge in [-0.15, -0.1) is 11.6 Å². The first-order valence-electron chi connectivity index (χ1n) is 5.39. The molecule has 0 aliphatic carbocycles. The minimum atomic E-state index is -1.28. The van der Waals surface area contributed by atoms with Crippen molar-refractivity contribution in [2.45, 2.75) is 19.1 Å². The Hall–Kier alpha value is -1.17. The van der Waals surface area contributed by atoms with Crippen LogP contribution in [0.1, 0.15) is 28.9 Å². The van der Waals surface area contributed by atoms with Gasteiger partial charge in [-0.3, -0.25) is 0 Å². The van der Waals surface area contributed by atoms with E-state index >= 15 is 0 Å². The van der Waals surface area contributed by atoms with Crippen molar-refractivity contribution in [2.24, 2.45) is 0 Å². The number of esters is 1. The SMILES string of the molecule is CCOC(=O)c1cc(C(O)C(O)CCl)ccc1F. The van der Waals surface area contributed by atoms with Crippen LogP contribution in [0.5, 0.6) is 0 Å². The summed E-state index contributed by atoms with van der Waals surface area (Å²) < 4.78 is 18.1. The van der Waals surface area contributed by atoms with Gasteiger partial charge in [-0.25, -0.2) is 9.18 Å². The van der Waals surface area contributed by atoms with Crippen LogP contribution in [0.2, 0.25) is 0 Å². The zero-order chi connectivity index (χ0) is 13.7. The first-order chi connectivity index (χ1) is 8.51. The number of aliphatic hydroxyl groups is 2. The Morgan fingerprint density at radius 3 is 2.72 bits per heavy atom. The van der Waals surface area contributed by atoms with Crippen LogP contribution in [0, 0.1) is 5.82 Å². The van der Waals surface area contributed by atoms with Gasteiger partial charge in [-0.05, 0) is 24.6 Å². The molecule has 6 heteroatoms. The van der Waals surface area contributed by atoms with Crippen LogP contribution in [0.15, 0.2) is 18.2 Å². The Morgan fingerprint density at radius 1 is 1.50 bits per heavy atom. The molecule has 0 aliphatic rings. The number of halogens is 2. The Bertz CT molecular complexity index is 425. The number of hydrogen-bond acceptors (Lipinski definition) is 4. The number of carbonyl (C=O) groups is 1. The third-order valence-corrected chi connectivity index (χ3v) is 2.67. The van der Waals surface area contributed by atoms with Crippen LogP contribution < -0.4 is 0 Å². The van der Waals surface area contributed by atoms with E-state index < -0.39 is 24.0 Å². The molecule has 2 unspecified atom stereocenters. The Morgan fingerprint density at radius 2 is 2.17 bits per heavy atom. The highest BCUT2D eigenvalue weighted by Gasteiger charge is 2.21. The van der Waals surface area contributed by atoms with Gasteiger partial charge in [0.15, 0.2) is 0 Å². The lowest BCUT2D eigenvalue weighted by atomic mass is 10.0. The lowest BCUT2D eigenvalue weighted by Gasteiger charge is -2.16. The lowest BCUT2D eigenvalue weighted by Crippen LogP contribution is -2.20. The van der Waals surface area contributed by atoms with E-state index in [0.717, 1.165) is 12.1 Å². The Kier molecular flexibility index (Phi) is 5.53. The zero-order valence-corrected chi connectivity index (χ0v) is 10.5. The highest BCUT2D eigenvalue weighted by atomic mass is 35.5. The van der Waals surface area contributed by atoms with Gasteiger partial charge in [-0.2, -0.15) is 0 Å². The molecule has 0 saturated carbocycles. The van der Waals surface area contributed by atoms with Crippen LogP contribution >= 0.6 is 11.6 Å². The molecule has 1 aromatic carbocycles. The average molecular weight is 277 g/mol. The molecular weight excluding hydrogens is 263 g/mol. The van der Waals surface area contributed by atoms with E-state index in [4.69, 9.17) is 11.6 Å². The summed E-state index contributed by atoms with van der Waals surface area (Å²) in [6.07, 6.45) is -2.47. The first kappa shape index (κ1) is 14.9. The summed E-state index contributed by atoms with van der Waals surface area (Å²) in [6, 6.07) is 3.46. The van der Waals surface area contributed by atoms with E-state index in [1.54, 1.807) is 6.92 Å². The molecule has 0 aromatic heterocycles. The van der Waals surface area contributed by atoms with Crippen LogP contribution in [-0.2, 0) is 4.74 Å². The quantitative estimate of drug-likeness (QED) is 0.634. The second-order valence-corrected chi connectivity index (χ2v) is 3.93. The van der Waals surface area contributed by atoms with E-state index in [1.807, 2.05) is 0 Å². The van der Waals surface area contributed by atoms with Gasteiger partial charge in [0.1, 0.15) is 11.9 Å². The van der Waals surface area contributed by atoms with Crippen molar-refractivity contribution in [1.82, 2.24) is 0 Å². The predicted molar refractivity (Wildman–Crippen MR) is 64.0 cm³/mol. The van der Waals surface area contributed by atoms with Crippen LogP contribution in [0.3, 0.4) is 0 Å². The summed E-state index contributed by atoms with van der Waals surface area (Å²) in [5, 5.41) is 19.1. The van der Waals surface area contributed by atoms with E-state index in [-0.39, 0.29) is 23.6 Å². The highest BCUT2D eigenvalue weighted by molar-refractivity contribution is 6.18. The van der Waals surface area contributed by atoms with E-state index in [9.17, 15) is 19.4 Å². The minimum absolute atomic E-state index is 0.120. The summed E-state index contributed by atoms with van der Waals surface area (Å²) in [6.45, 7) is 1.72. The minimum Gasteiger partial charge on any atom is -0.462 e. The molecule has 1 rings (SSSR count). The van der Waals surface area contributed by atoms with Gasteiger partial charge < -0.3 is 14.9 Å². The number of aliphatic hydroxyl groups excluding tert-OH is 2. The molecule has 0 saturated heterocycles. The van der Waals surface area contributed by atoms with Crippen molar-refractivity contribution >= 4 is 17.6 Å². The van der Waals surface area contributed by atoms with E-state index in [0.29, 0.717) is 0 Å². The molecule has 18 heavy (non-hydrogen) atoms. The van der Waals surface area contributed by atoms with Gasteiger partial charge in [-0.1, -0.05) is 6.07 Å². The van der Waals surface area contributed by atoms with Gasteiger partial charge in [0.25, 0.3) is 0 Å². The summed E-state index contributed by atoms with van der Waals surface area (Å²) in [5.74, 6) is -1.73. The summed E-state index contributed by atoms with van der Waals surface area (Å²) in [7, 11) is 0. The molecular formula is C12H14ClFO4. The van der Waals surface area contributed by atoms with E-state index in [2.05, 4.69) is 4.74 Å². The molecule has 100 valence electrons. The highest BCUT2D eigenvalue weighted by Crippen LogP contribution is 2.21. The third-order valence-electron chi connectivity index (χ3n) is 2.35. The van der Waals surface area contributed by atoms with E-state index in [1.165, 1.54) is 6.07 Å². The molecule has 1 aromatic rings. The van der Waals surface area contributed by atoms with Crippen molar-refractivity contribution in [3.05, 3.63) is 35.1 Å². The second kappa shape index (κ2) is 6.68. The average Bonchev–Trinajstić information content (AvgIpc) is 2.37. The van der Waals surface area contributed by atoms with Crippen LogP contribution in [0.4, 0.5) is 4.39 Å². The van der Waals surface area contributed by atoms with Crippen molar-refractivity contribution in [2.75, 3.05) is 12.5 Å². The third kappa shape index (κ3) is 3.41. The molecule has 0 bridgehead atoms. The second-order valence-electron chi connectivity index (χ2n) is 3.63. The molecule has 0 fully saturated rings. The largest absolute Gasteiger partial charge is 0.462 e. The molecule has 0 heterocycles. The maximum Gasteiger partial charge on any atom is 0.341 e. The fraction of sp³-hybridized carbons (Fsp3) is 0.417. The van der Waals surface area contributed by atoms with Crippen LogP contribution in [0.25, 0.3) is 0 Å². The molecule has 0 spiro atoms. The van der Waals surface area contributed by atoms with Crippen molar-refractivity contribution in [3.63, 3.8) is 0 Å². The van der Waals surface area contributed by atoms with Gasteiger partial charge >= 0.3 is 5.97 Å². The predicted octanol–water partition coefficient (Wildman–Crippen LogP) is 1.64. The van der Waals surface area contributed by atoms with Crippen LogP contribution in [-0.4, -0.2) is 34.8 Å². The van der Waals surface area contributed by atoms with Gasteiger partial charge in [0.05, 0.1) is 24.2 Å². The molecule has 0 radical (unpaired) electrons. The monoisotopic (exact) mass is 276 g/mol. The topological polar surface area (TPSA) is 66.8 Å². The Labute approximate surface area is 109 Å². The summed E-state index contributed by atoms with van der Waals surface area (Å²) in [5.41, 5.74) is -0.0808. The smallest absolute Gasteiger partial charge is 0.341 e. The lowest BCUT2D eigenvalue weighted by molar-refractivity contribution is 0.0324. The number of rotatable bonds is 5. The summed E-state index contributed by atoms with van der Waals surface area (Å²) in [4.78, 5) is 11.4. The number of carbonyl (C=O) groups excluding carboxylic acids is 1. The van der Waals surface area contributed by atoms with Crippen molar-refractivity contribution < 1.29 is 24.1 Å². The zero-order valence-electron chi connectivity index (χ0n) is 9.77. The molecule has 0 aliphatic heterocycles. The summed E-state index contributed by atoms with van der Waals surface area (Å²) >= 11 is 5.40. The maximum absolute atomic E-state index is 13.4. The Balaban J connectivity index is 3.03. The standard InChI is InChI=1S/C12H14ClFO4/c1-2-18-12(17)8-5-7(3-4-9(8)14)11(16)10(15)6-13/h3-5,10-11,15-16H,2,6H2,1H3. The number of alkyl halides is 1. The van der Waals surface area contributed by atoms with Crippen molar-refractivity contribution in [1.29, 1.82) is 0 Å². The number of ether oxygens (including phenoxy) is 1. The molecule has 4 nitrogen and oxygen atoms in total. The number of hydrogen-bond donors (Lipinski definition) is 2. The molecule has 2 N–H and O–H groups in total.